The van der Waals surface area contributed by atoms with Crippen molar-refractivity contribution in [2.75, 3.05) is 11.1 Å². The first-order valence-corrected chi connectivity index (χ1v) is 7.07. The van der Waals surface area contributed by atoms with Crippen LogP contribution >= 0.6 is 0 Å². The Morgan fingerprint density at radius 2 is 1.57 bits per heavy atom. The predicted octanol–water partition coefficient (Wildman–Crippen LogP) is 2.08. The van der Waals surface area contributed by atoms with Crippen molar-refractivity contribution >= 4 is 27.1 Å². The molecule has 2 rings (SSSR count). The lowest BCUT2D eigenvalue weighted by molar-refractivity contribution is 0.549. The number of rotatable bonds is 3. The number of primary sulfonamides is 1. The molecule has 9 heteroatoms. The maximum atomic E-state index is 13.5. The van der Waals surface area contributed by atoms with Crippen LogP contribution in [-0.2, 0) is 10.0 Å². The van der Waals surface area contributed by atoms with Crippen LogP contribution in [-0.4, -0.2) is 8.42 Å². The number of hydrogen-bond donors (Lipinski definition) is 3. The molecule has 0 bridgehead atoms. The third-order valence-electron chi connectivity index (χ3n) is 2.62. The fourth-order valence-corrected chi connectivity index (χ4v) is 2.18. The molecule has 112 valence electrons. The van der Waals surface area contributed by atoms with Crippen LogP contribution in [0.15, 0.2) is 35.2 Å². The van der Waals surface area contributed by atoms with E-state index in [1.807, 2.05) is 0 Å². The lowest BCUT2D eigenvalue weighted by Gasteiger charge is -2.12. The highest BCUT2D eigenvalue weighted by Gasteiger charge is 2.14. The number of anilines is 3. The molecule has 0 aliphatic carbocycles. The molecule has 2 aromatic rings. The average Bonchev–Trinajstić information content (AvgIpc) is 2.33. The van der Waals surface area contributed by atoms with Gasteiger partial charge in [-0.2, -0.15) is 0 Å². The zero-order valence-corrected chi connectivity index (χ0v) is 11.2. The molecular formula is C12H10F3N3O2S. The molecule has 0 heterocycles. The molecule has 0 amide bonds. The van der Waals surface area contributed by atoms with Crippen LogP contribution < -0.4 is 16.2 Å². The van der Waals surface area contributed by atoms with E-state index >= 15 is 0 Å². The minimum absolute atomic E-state index is 0.0480. The Kier molecular flexibility index (Phi) is 3.79. The summed E-state index contributed by atoms with van der Waals surface area (Å²) in [6.45, 7) is 0. The van der Waals surface area contributed by atoms with Crippen LogP contribution in [0.25, 0.3) is 0 Å². The molecule has 5 nitrogen and oxygen atoms in total. The second-order valence-corrected chi connectivity index (χ2v) is 5.72. The van der Waals surface area contributed by atoms with Crippen molar-refractivity contribution in [2.24, 2.45) is 5.14 Å². The summed E-state index contributed by atoms with van der Waals surface area (Å²) < 4.78 is 62.1. The quantitative estimate of drug-likeness (QED) is 0.755. The molecule has 0 spiro atoms. The third kappa shape index (κ3) is 3.26. The van der Waals surface area contributed by atoms with E-state index in [0.29, 0.717) is 12.1 Å². The van der Waals surface area contributed by atoms with Crippen LogP contribution in [0.4, 0.5) is 30.2 Å². The highest BCUT2D eigenvalue weighted by atomic mass is 32.2. The van der Waals surface area contributed by atoms with E-state index in [9.17, 15) is 21.6 Å². The largest absolute Gasteiger partial charge is 0.397 e. The van der Waals surface area contributed by atoms with E-state index < -0.39 is 33.2 Å². The second-order valence-electron chi connectivity index (χ2n) is 4.16. The number of nitrogens with two attached hydrogens (primary N) is 2. The van der Waals surface area contributed by atoms with Crippen LogP contribution in [0.5, 0.6) is 0 Å². The molecule has 0 atom stereocenters. The molecule has 0 aromatic heterocycles. The lowest BCUT2D eigenvalue weighted by atomic mass is 10.2. The Morgan fingerprint density at radius 3 is 2.05 bits per heavy atom. The number of nitrogens with one attached hydrogen (secondary N) is 1. The van der Waals surface area contributed by atoms with Crippen LogP contribution in [0.1, 0.15) is 0 Å². The number of hydrogen-bond acceptors (Lipinski definition) is 4. The molecular weight excluding hydrogens is 307 g/mol. The molecule has 0 saturated heterocycles. The minimum atomic E-state index is -3.94. The summed E-state index contributed by atoms with van der Waals surface area (Å²) in [7, 11) is -3.94. The van der Waals surface area contributed by atoms with E-state index in [1.54, 1.807) is 0 Å². The highest BCUT2D eigenvalue weighted by Crippen LogP contribution is 2.29. The molecule has 21 heavy (non-hydrogen) atoms. The first-order valence-electron chi connectivity index (χ1n) is 5.52. The first-order chi connectivity index (χ1) is 9.68. The number of halogens is 3. The standard InChI is InChI=1S/C12H10F3N3O2S/c13-6-3-8(14)12(9(15)4-6)18-11-2-1-7(5-10(11)16)21(17,19)20/h1-5,18H,16H2,(H2,17,19,20). The maximum Gasteiger partial charge on any atom is 0.238 e. The van der Waals surface area contributed by atoms with Gasteiger partial charge in [0.1, 0.15) is 11.5 Å². The van der Waals surface area contributed by atoms with Gasteiger partial charge in [0, 0.05) is 12.1 Å². The topological polar surface area (TPSA) is 98.2 Å². The van der Waals surface area contributed by atoms with Gasteiger partial charge >= 0.3 is 0 Å². The van der Waals surface area contributed by atoms with E-state index in [-0.39, 0.29) is 16.3 Å². The van der Waals surface area contributed by atoms with Gasteiger partial charge < -0.3 is 11.1 Å². The van der Waals surface area contributed by atoms with E-state index in [1.165, 1.54) is 6.07 Å². The van der Waals surface area contributed by atoms with Gasteiger partial charge in [0.05, 0.1) is 16.3 Å². The molecule has 0 saturated carbocycles. The van der Waals surface area contributed by atoms with Gasteiger partial charge in [-0.3, -0.25) is 0 Å². The number of benzene rings is 2. The van der Waals surface area contributed by atoms with Crippen molar-refractivity contribution in [1.82, 2.24) is 0 Å². The minimum Gasteiger partial charge on any atom is -0.397 e. The van der Waals surface area contributed by atoms with Crippen molar-refractivity contribution < 1.29 is 21.6 Å². The summed E-state index contributed by atoms with van der Waals surface area (Å²) in [6, 6.07) is 4.35. The van der Waals surface area contributed by atoms with Gasteiger partial charge in [0.2, 0.25) is 10.0 Å². The fraction of sp³-hybridized carbons (Fsp3) is 0. The molecule has 2 aromatic carbocycles. The van der Waals surface area contributed by atoms with Crippen LogP contribution in [0.2, 0.25) is 0 Å². The smallest absolute Gasteiger partial charge is 0.238 e. The van der Waals surface area contributed by atoms with Gasteiger partial charge in [-0.25, -0.2) is 26.7 Å². The Bertz CT molecular complexity index is 786. The van der Waals surface area contributed by atoms with E-state index in [4.69, 9.17) is 10.9 Å². The zero-order valence-electron chi connectivity index (χ0n) is 10.4. The molecule has 0 fully saturated rings. The zero-order chi connectivity index (χ0) is 15.8. The summed E-state index contributed by atoms with van der Waals surface area (Å²) >= 11 is 0. The van der Waals surface area contributed by atoms with Gasteiger partial charge in [-0.1, -0.05) is 0 Å². The Morgan fingerprint density at radius 1 is 1.00 bits per heavy atom. The monoisotopic (exact) mass is 317 g/mol. The summed E-state index contributed by atoms with van der Waals surface area (Å²) in [5.41, 5.74) is 4.94. The van der Waals surface area contributed by atoms with Gasteiger partial charge in [0.15, 0.2) is 11.6 Å². The van der Waals surface area contributed by atoms with Crippen LogP contribution in [0, 0.1) is 17.5 Å². The third-order valence-corrected chi connectivity index (χ3v) is 3.53. The second kappa shape index (κ2) is 5.26. The highest BCUT2D eigenvalue weighted by molar-refractivity contribution is 7.89. The molecule has 0 unspecified atom stereocenters. The lowest BCUT2D eigenvalue weighted by Crippen LogP contribution is -2.12. The summed E-state index contributed by atoms with van der Waals surface area (Å²) in [4.78, 5) is -0.245. The number of sulfonamides is 1. The number of nitrogen functional groups attached to an aromatic ring is 1. The Hall–Kier alpha value is -2.26. The van der Waals surface area contributed by atoms with Crippen molar-refractivity contribution in [3.05, 3.63) is 47.8 Å². The summed E-state index contributed by atoms with van der Waals surface area (Å²) in [6.07, 6.45) is 0. The molecule has 0 aliphatic heterocycles. The summed E-state index contributed by atoms with van der Waals surface area (Å²) in [5.74, 6) is -3.36. The van der Waals surface area contributed by atoms with Gasteiger partial charge in [0.25, 0.3) is 0 Å². The van der Waals surface area contributed by atoms with Crippen molar-refractivity contribution in [3.8, 4) is 0 Å². The van der Waals surface area contributed by atoms with E-state index in [0.717, 1.165) is 12.1 Å². The average molecular weight is 317 g/mol. The molecule has 5 N–H and O–H groups in total. The predicted molar refractivity (Wildman–Crippen MR) is 71.8 cm³/mol. The van der Waals surface area contributed by atoms with Crippen molar-refractivity contribution in [1.29, 1.82) is 0 Å². The van der Waals surface area contributed by atoms with E-state index in [2.05, 4.69) is 5.32 Å². The first kappa shape index (κ1) is 15.1. The molecule has 0 radical (unpaired) electrons. The SMILES string of the molecule is Nc1cc(S(N)(=O)=O)ccc1Nc1c(F)cc(F)cc1F. The van der Waals surface area contributed by atoms with Crippen molar-refractivity contribution in [2.45, 2.75) is 4.90 Å². The molecule has 0 aliphatic rings. The Labute approximate surface area is 118 Å². The maximum absolute atomic E-state index is 13.5. The van der Waals surface area contributed by atoms with Crippen LogP contribution in [0.3, 0.4) is 0 Å². The normalized spacial score (nSPS) is 11.4. The van der Waals surface area contributed by atoms with Gasteiger partial charge in [-0.15, -0.1) is 0 Å². The van der Waals surface area contributed by atoms with Gasteiger partial charge in [-0.05, 0) is 18.2 Å². The van der Waals surface area contributed by atoms with Crippen molar-refractivity contribution in [3.63, 3.8) is 0 Å². The summed E-state index contributed by atoms with van der Waals surface area (Å²) in [5, 5.41) is 7.27. The fourth-order valence-electron chi connectivity index (χ4n) is 1.63. The Balaban J connectivity index is 2.42.